The van der Waals surface area contributed by atoms with Crippen LogP contribution in [-0.2, 0) is 16.6 Å². The van der Waals surface area contributed by atoms with Crippen molar-refractivity contribution in [1.29, 1.82) is 0 Å². The number of sulfonamides is 1. The van der Waals surface area contributed by atoms with Crippen LogP contribution < -0.4 is 9.62 Å². The van der Waals surface area contributed by atoms with Gasteiger partial charge >= 0.3 is 0 Å². The Labute approximate surface area is 180 Å². The molecule has 3 rings (SSSR count). The molecule has 0 radical (unpaired) electrons. The minimum atomic E-state index is -3.98. The number of carbonyl (C=O) groups excluding carboxylic acids is 1. The minimum absolute atomic E-state index is 0.00923. The first-order valence-electron chi connectivity index (χ1n) is 9.23. The Balaban J connectivity index is 2.01. The molecule has 0 unspecified atom stereocenters. The maximum absolute atomic E-state index is 13.5. The highest BCUT2D eigenvalue weighted by Gasteiger charge is 2.26. The molecule has 0 aromatic heterocycles. The fourth-order valence-electron chi connectivity index (χ4n) is 2.87. The molecule has 8 heteroatoms. The Bertz CT molecular complexity index is 1100. The van der Waals surface area contributed by atoms with Gasteiger partial charge in [-0.05, 0) is 48.0 Å². The van der Waals surface area contributed by atoms with Crippen LogP contribution in [-0.4, -0.2) is 32.6 Å². The molecule has 3 aromatic rings. The van der Waals surface area contributed by atoms with Crippen molar-refractivity contribution < 1.29 is 18.3 Å². The number of anilines is 1. The van der Waals surface area contributed by atoms with Crippen molar-refractivity contribution >= 4 is 33.2 Å². The van der Waals surface area contributed by atoms with Gasteiger partial charge in [0.2, 0.25) is 0 Å². The number of carbonyl (C=O) groups is 1. The lowest BCUT2D eigenvalue weighted by atomic mass is 10.2. The first-order chi connectivity index (χ1) is 14.4. The zero-order chi connectivity index (χ0) is 21.6. The van der Waals surface area contributed by atoms with Crippen LogP contribution >= 0.6 is 11.6 Å². The Morgan fingerprint density at radius 2 is 1.67 bits per heavy atom. The van der Waals surface area contributed by atoms with Gasteiger partial charge in [0.05, 0.1) is 23.7 Å². The van der Waals surface area contributed by atoms with Gasteiger partial charge in [0.1, 0.15) is 0 Å². The number of nitrogens with zero attached hydrogens (tertiary/aromatic N) is 1. The van der Waals surface area contributed by atoms with E-state index in [-0.39, 0.29) is 30.2 Å². The topological polar surface area (TPSA) is 86.7 Å². The summed E-state index contributed by atoms with van der Waals surface area (Å²) in [6, 6.07) is 21.6. The van der Waals surface area contributed by atoms with Crippen molar-refractivity contribution in [3.05, 3.63) is 95.0 Å². The lowest BCUT2D eigenvalue weighted by Gasteiger charge is -2.25. The van der Waals surface area contributed by atoms with E-state index in [0.29, 0.717) is 10.7 Å². The SMILES string of the molecule is O=C(NCCO)c1cccc(S(=O)(=O)N(Cc2ccccc2)c2ccc(Cl)cc2)c1. The summed E-state index contributed by atoms with van der Waals surface area (Å²) in [5.74, 6) is -0.456. The molecule has 0 saturated carbocycles. The van der Waals surface area contributed by atoms with E-state index in [1.165, 1.54) is 28.6 Å². The highest BCUT2D eigenvalue weighted by atomic mass is 35.5. The van der Waals surface area contributed by atoms with Crippen molar-refractivity contribution in [3.63, 3.8) is 0 Å². The molecule has 156 valence electrons. The van der Waals surface area contributed by atoms with Crippen molar-refractivity contribution in [3.8, 4) is 0 Å². The second-order valence-electron chi connectivity index (χ2n) is 6.48. The second-order valence-corrected chi connectivity index (χ2v) is 8.78. The maximum Gasteiger partial charge on any atom is 0.264 e. The van der Waals surface area contributed by atoms with Gasteiger partial charge < -0.3 is 10.4 Å². The maximum atomic E-state index is 13.5. The number of rotatable bonds is 8. The Morgan fingerprint density at radius 3 is 2.33 bits per heavy atom. The number of halogens is 1. The van der Waals surface area contributed by atoms with Crippen molar-refractivity contribution in [2.45, 2.75) is 11.4 Å². The first kappa shape index (κ1) is 21.8. The quantitative estimate of drug-likeness (QED) is 0.557. The lowest BCUT2D eigenvalue weighted by molar-refractivity contribution is 0.0944. The molecule has 0 fully saturated rings. The molecule has 0 aliphatic rings. The monoisotopic (exact) mass is 444 g/mol. The molecule has 3 aromatic carbocycles. The van der Waals surface area contributed by atoms with Gasteiger partial charge in [-0.25, -0.2) is 8.42 Å². The summed E-state index contributed by atoms with van der Waals surface area (Å²) < 4.78 is 28.3. The molecular weight excluding hydrogens is 424 g/mol. The van der Waals surface area contributed by atoms with Gasteiger partial charge in [0.25, 0.3) is 15.9 Å². The number of benzene rings is 3. The third-order valence-corrected chi connectivity index (χ3v) is 6.39. The number of hydrogen-bond donors (Lipinski definition) is 2. The average molecular weight is 445 g/mol. The van der Waals surface area contributed by atoms with Crippen molar-refractivity contribution in [2.75, 3.05) is 17.5 Å². The summed E-state index contributed by atoms with van der Waals surface area (Å²) in [6.07, 6.45) is 0. The fourth-order valence-corrected chi connectivity index (χ4v) is 4.49. The number of aliphatic hydroxyl groups is 1. The molecule has 0 spiro atoms. The van der Waals surface area contributed by atoms with Crippen LogP contribution in [0, 0.1) is 0 Å². The molecule has 30 heavy (non-hydrogen) atoms. The zero-order valence-corrected chi connectivity index (χ0v) is 17.6. The van der Waals surface area contributed by atoms with Crippen LogP contribution in [0.5, 0.6) is 0 Å². The minimum Gasteiger partial charge on any atom is -0.395 e. The summed E-state index contributed by atoms with van der Waals surface area (Å²) in [5, 5.41) is 11.9. The van der Waals surface area contributed by atoms with Crippen molar-refractivity contribution in [1.82, 2.24) is 5.32 Å². The first-order valence-corrected chi connectivity index (χ1v) is 11.0. The van der Waals surface area contributed by atoms with Gasteiger partial charge in [-0.1, -0.05) is 48.0 Å². The standard InChI is InChI=1S/C22H21ClN2O4S/c23-19-9-11-20(12-10-19)25(16-17-5-2-1-3-6-17)30(28,29)21-8-4-7-18(15-21)22(27)24-13-14-26/h1-12,15,26H,13-14,16H2,(H,24,27). The van der Waals surface area contributed by atoms with Crippen LogP contribution in [0.25, 0.3) is 0 Å². The molecular formula is C22H21ClN2O4S. The smallest absolute Gasteiger partial charge is 0.264 e. The molecule has 0 saturated heterocycles. The van der Waals surface area contributed by atoms with E-state index in [2.05, 4.69) is 5.32 Å². The number of hydrogen-bond acceptors (Lipinski definition) is 4. The molecule has 0 atom stereocenters. The summed E-state index contributed by atoms with van der Waals surface area (Å²) in [5.41, 5.74) is 1.46. The predicted octanol–water partition coefficient (Wildman–Crippen LogP) is 3.46. The van der Waals surface area contributed by atoms with Gasteiger partial charge in [-0.3, -0.25) is 9.10 Å². The van der Waals surface area contributed by atoms with Crippen LogP contribution in [0.3, 0.4) is 0 Å². The fraction of sp³-hybridized carbons (Fsp3) is 0.136. The van der Waals surface area contributed by atoms with Crippen molar-refractivity contribution in [2.24, 2.45) is 0 Å². The molecule has 1 amide bonds. The largest absolute Gasteiger partial charge is 0.395 e. The Hall–Kier alpha value is -2.87. The van der Waals surface area contributed by atoms with E-state index in [1.807, 2.05) is 30.3 Å². The number of amides is 1. The molecule has 6 nitrogen and oxygen atoms in total. The highest BCUT2D eigenvalue weighted by molar-refractivity contribution is 7.92. The zero-order valence-electron chi connectivity index (χ0n) is 16.0. The van der Waals surface area contributed by atoms with Crippen LogP contribution in [0.1, 0.15) is 15.9 Å². The molecule has 0 heterocycles. The third kappa shape index (κ3) is 5.18. The highest BCUT2D eigenvalue weighted by Crippen LogP contribution is 2.27. The van der Waals surface area contributed by atoms with E-state index >= 15 is 0 Å². The number of nitrogens with one attached hydrogen (secondary N) is 1. The normalized spacial score (nSPS) is 11.1. The van der Waals surface area contributed by atoms with E-state index in [1.54, 1.807) is 24.3 Å². The summed E-state index contributed by atoms with van der Waals surface area (Å²) >= 11 is 5.97. The Kier molecular flexibility index (Phi) is 7.10. The van der Waals surface area contributed by atoms with Gasteiger partial charge in [-0.15, -0.1) is 0 Å². The van der Waals surface area contributed by atoms with Crippen LogP contribution in [0.2, 0.25) is 5.02 Å². The summed E-state index contributed by atoms with van der Waals surface area (Å²) in [6.45, 7) is -0.00237. The van der Waals surface area contributed by atoms with Crippen LogP contribution in [0.15, 0.2) is 83.8 Å². The lowest BCUT2D eigenvalue weighted by Crippen LogP contribution is -2.31. The molecule has 2 N–H and O–H groups in total. The van der Waals surface area contributed by atoms with Crippen LogP contribution in [0.4, 0.5) is 5.69 Å². The van der Waals surface area contributed by atoms with E-state index in [0.717, 1.165) is 5.56 Å². The molecule has 0 aliphatic heterocycles. The second kappa shape index (κ2) is 9.75. The van der Waals surface area contributed by atoms with E-state index < -0.39 is 15.9 Å². The average Bonchev–Trinajstić information content (AvgIpc) is 2.77. The van der Waals surface area contributed by atoms with Gasteiger partial charge in [-0.2, -0.15) is 0 Å². The third-order valence-electron chi connectivity index (χ3n) is 4.37. The van der Waals surface area contributed by atoms with Gasteiger partial charge in [0, 0.05) is 17.1 Å². The molecule has 0 aliphatic carbocycles. The predicted molar refractivity (Wildman–Crippen MR) is 117 cm³/mol. The Morgan fingerprint density at radius 1 is 0.967 bits per heavy atom. The van der Waals surface area contributed by atoms with E-state index in [4.69, 9.17) is 16.7 Å². The van der Waals surface area contributed by atoms with E-state index in [9.17, 15) is 13.2 Å². The summed E-state index contributed by atoms with van der Waals surface area (Å²) in [4.78, 5) is 12.2. The molecule has 0 bridgehead atoms. The summed E-state index contributed by atoms with van der Waals surface area (Å²) in [7, 11) is -3.98. The number of aliphatic hydroxyl groups excluding tert-OH is 1. The van der Waals surface area contributed by atoms with Gasteiger partial charge in [0.15, 0.2) is 0 Å².